The quantitative estimate of drug-likeness (QED) is 0.145. The van der Waals surface area contributed by atoms with Crippen molar-refractivity contribution < 1.29 is 32.6 Å². The van der Waals surface area contributed by atoms with E-state index in [0.29, 0.717) is 12.8 Å². The smallest absolute Gasteiger partial charge is 0.407 e. The van der Waals surface area contributed by atoms with Crippen LogP contribution in [-0.4, -0.2) is 55.8 Å². The Kier molecular flexibility index (Phi) is 13.0. The SMILES string of the molecule is COc1cc(C(=O)NCCCNC(=O)OC(C)(C)C)ccc1NC(=O)[C@@H]1N[C@@H](CC(C)(C)C)[C@](C#N)(c2ccc(Cl)cc2F)[C@H]1c1cccc(Cl)c1F. The minimum atomic E-state index is -1.80. The van der Waals surface area contributed by atoms with Crippen LogP contribution in [0.2, 0.25) is 10.0 Å². The van der Waals surface area contributed by atoms with E-state index >= 15 is 8.78 Å². The average Bonchev–Trinajstić information content (AvgIpc) is 3.37. The van der Waals surface area contributed by atoms with Crippen LogP contribution in [0.1, 0.15) is 81.8 Å². The van der Waals surface area contributed by atoms with Gasteiger partial charge in [-0.3, -0.25) is 9.59 Å². The second kappa shape index (κ2) is 16.7. The molecular weight excluding hydrogens is 727 g/mol. The van der Waals surface area contributed by atoms with E-state index in [0.717, 1.165) is 6.07 Å². The maximum Gasteiger partial charge on any atom is 0.407 e. The van der Waals surface area contributed by atoms with Crippen molar-refractivity contribution >= 4 is 46.8 Å². The van der Waals surface area contributed by atoms with Crippen LogP contribution in [-0.2, 0) is 14.9 Å². The lowest BCUT2D eigenvalue weighted by Crippen LogP contribution is -2.45. The van der Waals surface area contributed by atoms with Gasteiger partial charge in [-0.05, 0) is 81.0 Å². The number of rotatable bonds is 11. The first kappa shape index (κ1) is 41.3. The predicted octanol–water partition coefficient (Wildman–Crippen LogP) is 7.89. The van der Waals surface area contributed by atoms with Crippen molar-refractivity contribution in [3.05, 3.63) is 93.0 Å². The van der Waals surface area contributed by atoms with Crippen molar-refractivity contribution in [1.82, 2.24) is 16.0 Å². The van der Waals surface area contributed by atoms with Gasteiger partial charge in [0, 0.05) is 41.2 Å². The van der Waals surface area contributed by atoms with Gasteiger partial charge in [0.25, 0.3) is 5.91 Å². The Labute approximate surface area is 318 Å². The molecule has 0 spiro atoms. The molecule has 1 aliphatic heterocycles. The molecule has 14 heteroatoms. The Balaban J connectivity index is 1.64. The molecular formula is C39H45Cl2F2N5O5. The lowest BCUT2D eigenvalue weighted by molar-refractivity contribution is -0.118. The maximum absolute atomic E-state index is 16.0. The molecule has 0 aliphatic carbocycles. The van der Waals surface area contributed by atoms with E-state index in [1.807, 2.05) is 20.8 Å². The molecule has 0 aromatic heterocycles. The third-order valence-electron chi connectivity index (χ3n) is 8.76. The third-order valence-corrected chi connectivity index (χ3v) is 9.29. The Morgan fingerprint density at radius 3 is 2.30 bits per heavy atom. The number of hydrogen-bond donors (Lipinski definition) is 4. The summed E-state index contributed by atoms with van der Waals surface area (Å²) in [5.41, 5.74) is -2.49. The summed E-state index contributed by atoms with van der Waals surface area (Å²) < 4.78 is 42.7. The summed E-state index contributed by atoms with van der Waals surface area (Å²) >= 11 is 12.4. The van der Waals surface area contributed by atoms with E-state index in [2.05, 4.69) is 27.3 Å². The Morgan fingerprint density at radius 2 is 1.68 bits per heavy atom. The lowest BCUT2D eigenvalue weighted by atomic mass is 9.62. The van der Waals surface area contributed by atoms with E-state index in [1.165, 1.54) is 55.6 Å². The van der Waals surface area contributed by atoms with E-state index < -0.39 is 64.0 Å². The standard InChI is InChI=1S/C39H45Cl2F2N5O5/c1-37(2,3)20-30-39(21-44,25-14-13-23(40)19-27(25)42)31(24-10-8-11-26(41)32(24)43)33(48-30)35(50)47-28-15-12-22(18-29(28)52-7)34(49)45-16-9-17-46-36(51)53-38(4,5)6/h8,10-15,18-19,30-31,33,48H,9,16-17,20H2,1-7H3,(H,45,49)(H,46,51)(H,47,50)/t30-,31-,33+,39-/m0/s1. The first-order valence-electron chi connectivity index (χ1n) is 17.1. The van der Waals surface area contributed by atoms with Crippen molar-refractivity contribution in [1.29, 1.82) is 5.26 Å². The zero-order valence-corrected chi connectivity index (χ0v) is 32.3. The Bertz CT molecular complexity index is 1890. The average molecular weight is 773 g/mol. The van der Waals surface area contributed by atoms with Gasteiger partial charge >= 0.3 is 6.09 Å². The van der Waals surface area contributed by atoms with Crippen LogP contribution in [0.5, 0.6) is 5.75 Å². The monoisotopic (exact) mass is 771 g/mol. The van der Waals surface area contributed by atoms with Crippen molar-refractivity contribution in [3.8, 4) is 11.8 Å². The fourth-order valence-electron chi connectivity index (χ4n) is 6.60. The van der Waals surface area contributed by atoms with Gasteiger partial charge in [0.05, 0.1) is 29.9 Å². The molecule has 284 valence electrons. The van der Waals surface area contributed by atoms with Crippen molar-refractivity contribution in [2.75, 3.05) is 25.5 Å². The fourth-order valence-corrected chi connectivity index (χ4v) is 6.94. The molecule has 1 fully saturated rings. The van der Waals surface area contributed by atoms with Crippen molar-refractivity contribution in [2.45, 2.75) is 83.4 Å². The van der Waals surface area contributed by atoms with Gasteiger partial charge in [0.2, 0.25) is 5.91 Å². The van der Waals surface area contributed by atoms with Gasteiger partial charge in [-0.25, -0.2) is 13.6 Å². The molecule has 10 nitrogen and oxygen atoms in total. The van der Waals surface area contributed by atoms with Crippen LogP contribution in [0.25, 0.3) is 0 Å². The van der Waals surface area contributed by atoms with Gasteiger partial charge in [-0.2, -0.15) is 5.26 Å². The minimum absolute atomic E-state index is 0.0422. The number of nitriles is 1. The molecule has 0 unspecified atom stereocenters. The summed E-state index contributed by atoms with van der Waals surface area (Å²) in [6.07, 6.45) is 0.192. The zero-order chi connectivity index (χ0) is 39.3. The maximum atomic E-state index is 16.0. The molecule has 0 bridgehead atoms. The predicted molar refractivity (Wildman–Crippen MR) is 200 cm³/mol. The summed E-state index contributed by atoms with van der Waals surface area (Å²) in [5, 5.41) is 22.5. The number of alkyl carbamates (subject to hydrolysis) is 1. The molecule has 4 N–H and O–H groups in total. The fraction of sp³-hybridized carbons (Fsp3) is 0.436. The first-order chi connectivity index (χ1) is 24.8. The van der Waals surface area contributed by atoms with E-state index in [1.54, 1.807) is 20.8 Å². The molecule has 53 heavy (non-hydrogen) atoms. The van der Waals surface area contributed by atoms with Gasteiger partial charge in [0.1, 0.15) is 28.4 Å². The van der Waals surface area contributed by atoms with Gasteiger partial charge in [-0.1, -0.05) is 62.2 Å². The number of benzene rings is 3. The molecule has 4 atom stereocenters. The summed E-state index contributed by atoms with van der Waals surface area (Å²) in [7, 11) is 1.37. The number of halogens is 4. The summed E-state index contributed by atoms with van der Waals surface area (Å²) in [6.45, 7) is 11.7. The van der Waals surface area contributed by atoms with Gasteiger partial charge in [0.15, 0.2) is 0 Å². The number of nitrogens with one attached hydrogen (secondary N) is 4. The summed E-state index contributed by atoms with van der Waals surface area (Å²) in [5.74, 6) is -3.80. The van der Waals surface area contributed by atoms with Gasteiger partial charge < -0.3 is 30.7 Å². The number of carbonyl (C=O) groups excluding carboxylic acids is 3. The zero-order valence-electron chi connectivity index (χ0n) is 30.8. The first-order valence-corrected chi connectivity index (χ1v) is 17.9. The van der Waals surface area contributed by atoms with Crippen molar-refractivity contribution in [3.63, 3.8) is 0 Å². The van der Waals surface area contributed by atoms with Crippen LogP contribution in [0.15, 0.2) is 54.6 Å². The highest BCUT2D eigenvalue weighted by Crippen LogP contribution is 2.53. The summed E-state index contributed by atoms with van der Waals surface area (Å²) in [6, 6.07) is 12.9. The topological polar surface area (TPSA) is 142 Å². The van der Waals surface area contributed by atoms with Crippen LogP contribution in [0, 0.1) is 28.4 Å². The second-order valence-electron chi connectivity index (χ2n) is 15.1. The third kappa shape index (κ3) is 9.76. The molecule has 1 heterocycles. The Morgan fingerprint density at radius 1 is 0.981 bits per heavy atom. The molecule has 3 aromatic rings. The van der Waals surface area contributed by atoms with Crippen LogP contribution >= 0.6 is 23.2 Å². The molecule has 0 radical (unpaired) electrons. The summed E-state index contributed by atoms with van der Waals surface area (Å²) in [4.78, 5) is 39.2. The highest BCUT2D eigenvalue weighted by atomic mass is 35.5. The molecule has 0 saturated carbocycles. The molecule has 3 aromatic carbocycles. The molecule has 1 aliphatic rings. The second-order valence-corrected chi connectivity index (χ2v) is 16.0. The van der Waals surface area contributed by atoms with Crippen LogP contribution in [0.3, 0.4) is 0 Å². The van der Waals surface area contributed by atoms with E-state index in [9.17, 15) is 19.6 Å². The number of ether oxygens (including phenoxy) is 2. The van der Waals surface area contributed by atoms with Crippen LogP contribution < -0.4 is 26.0 Å². The lowest BCUT2D eigenvalue weighted by Gasteiger charge is -2.37. The number of anilines is 1. The van der Waals surface area contributed by atoms with E-state index in [4.69, 9.17) is 32.7 Å². The highest BCUT2D eigenvalue weighted by Gasteiger charge is 2.61. The minimum Gasteiger partial charge on any atom is -0.495 e. The molecule has 1 saturated heterocycles. The number of nitrogens with zero attached hydrogens (tertiary/aromatic N) is 1. The number of methoxy groups -OCH3 is 1. The Hall–Kier alpha value is -4.44. The highest BCUT2D eigenvalue weighted by molar-refractivity contribution is 6.31. The normalized spacial score (nSPS) is 19.9. The number of amides is 3. The van der Waals surface area contributed by atoms with Gasteiger partial charge in [-0.15, -0.1) is 0 Å². The molecule has 4 rings (SSSR count). The largest absolute Gasteiger partial charge is 0.495 e. The van der Waals surface area contributed by atoms with Crippen LogP contribution in [0.4, 0.5) is 19.3 Å². The molecule has 3 amide bonds. The number of hydrogen-bond acceptors (Lipinski definition) is 7. The van der Waals surface area contributed by atoms with Crippen molar-refractivity contribution in [2.24, 2.45) is 5.41 Å². The number of carbonyl (C=O) groups is 3. The van der Waals surface area contributed by atoms with E-state index in [-0.39, 0.29) is 51.3 Å².